The number of hydrogen-bond donors (Lipinski definition) is 1. The smallest absolute Gasteiger partial charge is 0.302 e. The van der Waals surface area contributed by atoms with E-state index in [1.54, 1.807) is 0 Å². The average molecular weight is 214 g/mol. The Bertz CT molecular complexity index is 233. The Morgan fingerprint density at radius 3 is 2.60 bits per heavy atom. The van der Waals surface area contributed by atoms with Crippen molar-refractivity contribution in [3.63, 3.8) is 0 Å². The van der Waals surface area contributed by atoms with Gasteiger partial charge in [-0.2, -0.15) is 0 Å². The summed E-state index contributed by atoms with van der Waals surface area (Å²) in [7, 11) is 0. The maximum absolute atomic E-state index is 11.0. The number of ether oxygens (including phenoxy) is 1. The number of rotatable bonds is 2. The van der Waals surface area contributed by atoms with Gasteiger partial charge in [0.25, 0.3) is 0 Å². The molecule has 0 radical (unpaired) electrons. The molecule has 0 aromatic heterocycles. The summed E-state index contributed by atoms with van der Waals surface area (Å²) in [6.07, 6.45) is 2.18. The van der Waals surface area contributed by atoms with E-state index in [9.17, 15) is 9.90 Å². The van der Waals surface area contributed by atoms with Crippen molar-refractivity contribution in [2.45, 2.75) is 58.7 Å². The lowest BCUT2D eigenvalue weighted by Crippen LogP contribution is -2.43. The van der Waals surface area contributed by atoms with Crippen LogP contribution in [0.25, 0.3) is 0 Å². The summed E-state index contributed by atoms with van der Waals surface area (Å²) in [5, 5.41) is 9.97. The maximum Gasteiger partial charge on any atom is 0.302 e. The molecule has 1 fully saturated rings. The molecule has 0 bridgehead atoms. The lowest BCUT2D eigenvalue weighted by molar-refractivity contribution is -0.159. The minimum atomic E-state index is -0.675. The third-order valence-corrected chi connectivity index (χ3v) is 3.31. The maximum atomic E-state index is 11.0. The van der Waals surface area contributed by atoms with Crippen LogP contribution in [0, 0.1) is 11.8 Å². The van der Waals surface area contributed by atoms with Gasteiger partial charge in [0.15, 0.2) is 0 Å². The fourth-order valence-corrected chi connectivity index (χ4v) is 2.46. The van der Waals surface area contributed by atoms with Crippen molar-refractivity contribution in [3.05, 3.63) is 0 Å². The predicted molar refractivity (Wildman–Crippen MR) is 58.4 cm³/mol. The first-order valence-corrected chi connectivity index (χ1v) is 5.71. The molecule has 0 amide bonds. The van der Waals surface area contributed by atoms with Gasteiger partial charge in [-0.1, -0.05) is 13.8 Å². The van der Waals surface area contributed by atoms with E-state index < -0.39 is 5.60 Å². The molecule has 0 heterocycles. The van der Waals surface area contributed by atoms with Gasteiger partial charge in [0, 0.05) is 13.3 Å². The van der Waals surface area contributed by atoms with Crippen LogP contribution in [0.5, 0.6) is 0 Å². The average Bonchev–Trinajstić information content (AvgIpc) is 1.99. The highest BCUT2D eigenvalue weighted by atomic mass is 16.5. The number of aliphatic hydroxyl groups is 1. The van der Waals surface area contributed by atoms with E-state index in [2.05, 4.69) is 13.8 Å². The van der Waals surface area contributed by atoms with Crippen LogP contribution in [0.1, 0.15) is 47.0 Å². The van der Waals surface area contributed by atoms with Crippen molar-refractivity contribution < 1.29 is 14.6 Å². The molecule has 0 aromatic rings. The fraction of sp³-hybridized carbons (Fsp3) is 0.917. The third-order valence-electron chi connectivity index (χ3n) is 3.31. The second kappa shape index (κ2) is 4.52. The first-order valence-electron chi connectivity index (χ1n) is 5.71. The zero-order valence-electron chi connectivity index (χ0n) is 10.1. The van der Waals surface area contributed by atoms with E-state index in [-0.39, 0.29) is 12.1 Å². The quantitative estimate of drug-likeness (QED) is 0.716. The Labute approximate surface area is 91.8 Å². The molecule has 3 nitrogen and oxygen atoms in total. The summed E-state index contributed by atoms with van der Waals surface area (Å²) in [5.74, 6) is 0.628. The van der Waals surface area contributed by atoms with Crippen LogP contribution < -0.4 is 0 Å². The first kappa shape index (κ1) is 12.5. The van der Waals surface area contributed by atoms with E-state index in [0.29, 0.717) is 18.3 Å². The van der Waals surface area contributed by atoms with Gasteiger partial charge in [0.05, 0.1) is 5.60 Å². The van der Waals surface area contributed by atoms with Gasteiger partial charge >= 0.3 is 5.97 Å². The highest BCUT2D eigenvalue weighted by molar-refractivity contribution is 5.66. The summed E-state index contributed by atoms with van der Waals surface area (Å²) in [5.41, 5.74) is -0.675. The van der Waals surface area contributed by atoms with Crippen molar-refractivity contribution in [1.82, 2.24) is 0 Å². The number of hydrogen-bond acceptors (Lipinski definition) is 3. The molecule has 15 heavy (non-hydrogen) atoms. The summed E-state index contributed by atoms with van der Waals surface area (Å²) in [4.78, 5) is 11.0. The summed E-state index contributed by atoms with van der Waals surface area (Å²) >= 11 is 0. The SMILES string of the molecule is CC(=O)O[C@@H]1C[C@](C)(O)CC[C@H]1C(C)C. The van der Waals surface area contributed by atoms with Gasteiger partial charge in [-0.15, -0.1) is 0 Å². The molecule has 0 aromatic carbocycles. The molecule has 0 saturated heterocycles. The van der Waals surface area contributed by atoms with Crippen molar-refractivity contribution in [2.24, 2.45) is 11.8 Å². The summed E-state index contributed by atoms with van der Waals surface area (Å²) in [6.45, 7) is 7.53. The van der Waals surface area contributed by atoms with Crippen molar-refractivity contribution >= 4 is 5.97 Å². The second-order valence-corrected chi connectivity index (χ2v) is 5.30. The molecule has 88 valence electrons. The van der Waals surface area contributed by atoms with Crippen LogP contribution in [-0.4, -0.2) is 22.8 Å². The molecule has 1 aliphatic carbocycles. The fourth-order valence-electron chi connectivity index (χ4n) is 2.46. The van der Waals surface area contributed by atoms with Gasteiger partial charge in [0.2, 0.25) is 0 Å². The number of carbonyl (C=O) groups excluding carboxylic acids is 1. The molecule has 1 saturated carbocycles. The Morgan fingerprint density at radius 1 is 1.53 bits per heavy atom. The Balaban J connectivity index is 2.69. The highest BCUT2D eigenvalue weighted by Gasteiger charge is 2.39. The van der Waals surface area contributed by atoms with Crippen LogP contribution in [-0.2, 0) is 9.53 Å². The molecule has 1 rings (SSSR count). The van der Waals surface area contributed by atoms with Crippen molar-refractivity contribution in [3.8, 4) is 0 Å². The summed E-state index contributed by atoms with van der Waals surface area (Å²) < 4.78 is 5.30. The van der Waals surface area contributed by atoms with E-state index in [1.165, 1.54) is 6.92 Å². The zero-order chi connectivity index (χ0) is 11.6. The highest BCUT2D eigenvalue weighted by Crippen LogP contribution is 2.37. The topological polar surface area (TPSA) is 46.5 Å². The standard InChI is InChI=1S/C12H22O3/c1-8(2)10-5-6-12(4,14)7-11(10)15-9(3)13/h8,10-11,14H,5-7H2,1-4H3/t10-,11+,12+/m0/s1. The van der Waals surface area contributed by atoms with Gasteiger partial charge in [0.1, 0.15) is 6.10 Å². The van der Waals surface area contributed by atoms with Crippen LogP contribution in [0.4, 0.5) is 0 Å². The molecule has 0 spiro atoms. The van der Waals surface area contributed by atoms with Crippen LogP contribution in [0.3, 0.4) is 0 Å². The predicted octanol–water partition coefficient (Wildman–Crippen LogP) is 2.13. The lowest BCUT2D eigenvalue weighted by atomic mass is 9.73. The first-order chi connectivity index (χ1) is 6.82. The second-order valence-electron chi connectivity index (χ2n) is 5.30. The monoisotopic (exact) mass is 214 g/mol. The van der Waals surface area contributed by atoms with E-state index in [4.69, 9.17) is 4.74 Å². The molecular weight excluding hydrogens is 192 g/mol. The third kappa shape index (κ3) is 3.49. The van der Waals surface area contributed by atoms with E-state index in [1.807, 2.05) is 6.92 Å². The molecule has 1 aliphatic rings. The minimum absolute atomic E-state index is 0.119. The minimum Gasteiger partial charge on any atom is -0.462 e. The number of carbonyl (C=O) groups is 1. The molecule has 1 N–H and O–H groups in total. The molecular formula is C12H22O3. The van der Waals surface area contributed by atoms with E-state index in [0.717, 1.165) is 12.8 Å². The van der Waals surface area contributed by atoms with Gasteiger partial charge < -0.3 is 9.84 Å². The normalized spacial score (nSPS) is 36.7. The van der Waals surface area contributed by atoms with E-state index >= 15 is 0 Å². The van der Waals surface area contributed by atoms with Gasteiger partial charge in [-0.05, 0) is 31.6 Å². The van der Waals surface area contributed by atoms with Crippen molar-refractivity contribution in [1.29, 1.82) is 0 Å². The molecule has 0 unspecified atom stereocenters. The molecule has 0 aliphatic heterocycles. The Kier molecular flexibility index (Phi) is 3.77. The lowest BCUT2D eigenvalue weighted by Gasteiger charge is -2.40. The molecule has 3 atom stereocenters. The summed E-state index contributed by atoms with van der Waals surface area (Å²) in [6, 6.07) is 0. The molecule has 3 heteroatoms. The van der Waals surface area contributed by atoms with Gasteiger partial charge in [-0.3, -0.25) is 4.79 Å². The van der Waals surface area contributed by atoms with Crippen LogP contribution in [0.2, 0.25) is 0 Å². The van der Waals surface area contributed by atoms with Gasteiger partial charge in [-0.25, -0.2) is 0 Å². The Hall–Kier alpha value is -0.570. The van der Waals surface area contributed by atoms with Crippen molar-refractivity contribution in [2.75, 3.05) is 0 Å². The van der Waals surface area contributed by atoms with Crippen LogP contribution in [0.15, 0.2) is 0 Å². The van der Waals surface area contributed by atoms with Crippen LogP contribution >= 0.6 is 0 Å². The zero-order valence-corrected chi connectivity index (χ0v) is 10.1. The number of esters is 1. The Morgan fingerprint density at radius 2 is 2.13 bits per heavy atom. The largest absolute Gasteiger partial charge is 0.462 e.